The fourth-order valence-corrected chi connectivity index (χ4v) is 5.88. The highest BCUT2D eigenvalue weighted by molar-refractivity contribution is 5.86. The molecule has 2 fully saturated rings. The summed E-state index contributed by atoms with van der Waals surface area (Å²) in [7, 11) is 0. The molecule has 3 heterocycles. The molecule has 1 atom stereocenters. The molecule has 1 saturated heterocycles. The number of halogens is 3. The molecule has 5 nitrogen and oxygen atoms in total. The summed E-state index contributed by atoms with van der Waals surface area (Å²) < 4.78 is 44.1. The molecule has 198 valence electrons. The van der Waals surface area contributed by atoms with E-state index in [9.17, 15) is 18.0 Å². The molecule has 0 unspecified atom stereocenters. The number of likely N-dealkylation sites (tertiary alicyclic amines) is 1. The van der Waals surface area contributed by atoms with Crippen LogP contribution >= 0.6 is 0 Å². The van der Waals surface area contributed by atoms with Crippen molar-refractivity contribution in [3.63, 3.8) is 0 Å². The lowest BCUT2D eigenvalue weighted by Crippen LogP contribution is -2.30. The summed E-state index contributed by atoms with van der Waals surface area (Å²) in [6, 6.07) is 20.2. The minimum atomic E-state index is -4.50. The van der Waals surface area contributed by atoms with E-state index in [1.54, 1.807) is 10.6 Å². The second-order valence-corrected chi connectivity index (χ2v) is 10.8. The number of aromatic nitrogens is 3. The first-order valence-corrected chi connectivity index (χ1v) is 13.4. The fraction of sp³-hybridized carbons (Fsp3) is 0.290. The Hall–Kier alpha value is -4.07. The van der Waals surface area contributed by atoms with E-state index in [0.717, 1.165) is 52.9 Å². The molecule has 7 rings (SSSR count). The molecule has 2 aliphatic rings. The van der Waals surface area contributed by atoms with Crippen LogP contribution in [0.3, 0.4) is 0 Å². The number of aromatic amines is 1. The summed E-state index contributed by atoms with van der Waals surface area (Å²) in [5.41, 5.74) is 3.61. The zero-order valence-corrected chi connectivity index (χ0v) is 21.2. The molecule has 0 spiro atoms. The molecule has 1 aliphatic heterocycles. The largest absolute Gasteiger partial charge is 0.418 e. The lowest BCUT2D eigenvalue weighted by atomic mass is 10.0. The number of H-pyrrole nitrogens is 1. The van der Waals surface area contributed by atoms with Crippen LogP contribution in [0.5, 0.6) is 0 Å². The van der Waals surface area contributed by atoms with Gasteiger partial charge in [-0.2, -0.15) is 13.2 Å². The van der Waals surface area contributed by atoms with Gasteiger partial charge in [0.2, 0.25) is 5.91 Å². The van der Waals surface area contributed by atoms with Crippen molar-refractivity contribution in [2.75, 3.05) is 13.1 Å². The number of imidazole rings is 1. The number of amides is 1. The van der Waals surface area contributed by atoms with Crippen molar-refractivity contribution >= 4 is 27.8 Å². The van der Waals surface area contributed by atoms with Gasteiger partial charge in [0.05, 0.1) is 16.6 Å². The molecule has 1 N–H and O–H groups in total. The van der Waals surface area contributed by atoms with Gasteiger partial charge in [0, 0.05) is 42.8 Å². The van der Waals surface area contributed by atoms with Gasteiger partial charge in [-0.3, -0.25) is 4.79 Å². The summed E-state index contributed by atoms with van der Waals surface area (Å²) in [6.07, 6.45) is 0.0628. The Labute approximate surface area is 223 Å². The second kappa shape index (κ2) is 9.00. The third kappa shape index (κ3) is 4.37. The predicted molar refractivity (Wildman–Crippen MR) is 145 cm³/mol. The average Bonchev–Trinajstić information content (AvgIpc) is 3.32. The molecule has 1 aliphatic carbocycles. The first-order chi connectivity index (χ1) is 18.8. The second-order valence-electron chi connectivity index (χ2n) is 10.8. The highest BCUT2D eigenvalue weighted by atomic mass is 19.4. The van der Waals surface area contributed by atoms with E-state index in [4.69, 9.17) is 4.98 Å². The Morgan fingerprint density at radius 2 is 1.72 bits per heavy atom. The van der Waals surface area contributed by atoms with Crippen LogP contribution in [0.2, 0.25) is 0 Å². The van der Waals surface area contributed by atoms with E-state index in [0.29, 0.717) is 31.0 Å². The number of nitrogens with one attached hydrogen (secondary N) is 1. The number of benzene rings is 3. The SMILES string of the molecule is O=C(C1CC1)N1CC[C@H](Cn2c(-c3ccc(-c4ccc5cc[nH]c5c4)cc3)nc3cccc(C(F)(F)F)c32)C1. The van der Waals surface area contributed by atoms with Gasteiger partial charge < -0.3 is 14.5 Å². The molecule has 2 aromatic heterocycles. The summed E-state index contributed by atoms with van der Waals surface area (Å²) in [4.78, 5) is 22.4. The van der Waals surface area contributed by atoms with Crippen LogP contribution in [0.4, 0.5) is 13.2 Å². The van der Waals surface area contributed by atoms with E-state index < -0.39 is 11.7 Å². The Kier molecular flexibility index (Phi) is 5.54. The van der Waals surface area contributed by atoms with Crippen LogP contribution in [-0.4, -0.2) is 38.4 Å². The maximum absolute atomic E-state index is 14.1. The van der Waals surface area contributed by atoms with Gasteiger partial charge in [0.1, 0.15) is 5.82 Å². The topological polar surface area (TPSA) is 53.9 Å². The normalized spacial score (nSPS) is 17.9. The lowest BCUT2D eigenvalue weighted by molar-refractivity contribution is -0.136. The van der Waals surface area contributed by atoms with E-state index in [1.165, 1.54) is 6.07 Å². The molecular weight excluding hydrogens is 501 g/mol. The van der Waals surface area contributed by atoms with Gasteiger partial charge in [-0.05, 0) is 66.0 Å². The van der Waals surface area contributed by atoms with Crippen LogP contribution in [0.1, 0.15) is 24.8 Å². The summed E-state index contributed by atoms with van der Waals surface area (Å²) in [6.45, 7) is 1.61. The van der Waals surface area contributed by atoms with Crippen molar-refractivity contribution in [3.8, 4) is 22.5 Å². The zero-order chi connectivity index (χ0) is 26.7. The summed E-state index contributed by atoms with van der Waals surface area (Å²) in [5.74, 6) is 0.913. The van der Waals surface area contributed by atoms with Crippen molar-refractivity contribution in [2.45, 2.75) is 32.0 Å². The average molecular weight is 529 g/mol. The van der Waals surface area contributed by atoms with Gasteiger partial charge in [-0.15, -0.1) is 0 Å². The molecule has 0 bridgehead atoms. The number of carbonyl (C=O) groups excluding carboxylic acids is 1. The number of hydrogen-bond donors (Lipinski definition) is 1. The number of nitrogens with zero attached hydrogens (tertiary/aromatic N) is 3. The monoisotopic (exact) mass is 528 g/mol. The minimum Gasteiger partial charge on any atom is -0.361 e. The molecule has 5 aromatic rings. The minimum absolute atomic E-state index is 0.0666. The Bertz CT molecular complexity index is 1690. The maximum Gasteiger partial charge on any atom is 0.418 e. The van der Waals surface area contributed by atoms with Crippen LogP contribution < -0.4 is 0 Å². The van der Waals surface area contributed by atoms with Crippen LogP contribution in [0.15, 0.2) is 72.9 Å². The van der Waals surface area contributed by atoms with Gasteiger partial charge >= 0.3 is 6.18 Å². The van der Waals surface area contributed by atoms with Gasteiger partial charge in [-0.25, -0.2) is 4.98 Å². The van der Waals surface area contributed by atoms with Gasteiger partial charge in [0.15, 0.2) is 0 Å². The molecular formula is C31H27F3N4O. The molecule has 3 aromatic carbocycles. The molecule has 39 heavy (non-hydrogen) atoms. The van der Waals surface area contributed by atoms with E-state index in [-0.39, 0.29) is 23.3 Å². The van der Waals surface area contributed by atoms with Crippen molar-refractivity contribution < 1.29 is 18.0 Å². The predicted octanol–water partition coefficient (Wildman–Crippen LogP) is 7.13. The van der Waals surface area contributed by atoms with Crippen LogP contribution in [0.25, 0.3) is 44.5 Å². The van der Waals surface area contributed by atoms with Crippen molar-refractivity contribution in [1.82, 2.24) is 19.4 Å². The van der Waals surface area contributed by atoms with Crippen LogP contribution in [0, 0.1) is 11.8 Å². The van der Waals surface area contributed by atoms with E-state index in [2.05, 4.69) is 23.2 Å². The zero-order valence-electron chi connectivity index (χ0n) is 21.2. The van der Waals surface area contributed by atoms with Gasteiger partial charge in [-0.1, -0.05) is 42.5 Å². The molecule has 1 saturated carbocycles. The molecule has 8 heteroatoms. The first-order valence-electron chi connectivity index (χ1n) is 13.4. The maximum atomic E-state index is 14.1. The Balaban J connectivity index is 1.27. The molecule has 0 radical (unpaired) electrons. The van der Waals surface area contributed by atoms with Crippen LogP contribution in [-0.2, 0) is 17.5 Å². The standard InChI is InChI=1S/C31H27F3N4O/c32-31(33,34)25-2-1-3-26-28(25)38(18-19-13-15-37(17-19)30(39)23-9-10-23)29(36-26)22-7-4-20(5-8-22)24-11-6-21-12-14-35-27(21)16-24/h1-8,11-12,14,16,19,23,35H,9-10,13,15,17-18H2/t19-/m0/s1. The summed E-state index contributed by atoms with van der Waals surface area (Å²) >= 11 is 0. The van der Waals surface area contributed by atoms with Gasteiger partial charge in [0.25, 0.3) is 0 Å². The number of hydrogen-bond acceptors (Lipinski definition) is 2. The van der Waals surface area contributed by atoms with E-state index in [1.807, 2.05) is 41.4 Å². The first kappa shape index (κ1) is 24.0. The van der Waals surface area contributed by atoms with Crippen molar-refractivity contribution in [3.05, 3.63) is 78.5 Å². The molecule has 1 amide bonds. The quantitative estimate of drug-likeness (QED) is 0.264. The Morgan fingerprint density at radius 1 is 0.949 bits per heavy atom. The summed E-state index contributed by atoms with van der Waals surface area (Å²) in [5, 5.41) is 1.13. The highest BCUT2D eigenvalue weighted by Crippen LogP contribution is 2.39. The number of fused-ring (bicyclic) bond motifs is 2. The van der Waals surface area contributed by atoms with Crippen molar-refractivity contribution in [2.24, 2.45) is 11.8 Å². The number of para-hydroxylation sites is 1. The highest BCUT2D eigenvalue weighted by Gasteiger charge is 2.38. The Morgan fingerprint density at radius 3 is 2.49 bits per heavy atom. The van der Waals surface area contributed by atoms with E-state index >= 15 is 0 Å². The fourth-order valence-electron chi connectivity index (χ4n) is 5.88. The smallest absolute Gasteiger partial charge is 0.361 e. The third-order valence-corrected chi connectivity index (χ3v) is 8.07. The lowest BCUT2D eigenvalue weighted by Gasteiger charge is -2.19. The number of carbonyl (C=O) groups is 1. The number of rotatable bonds is 5. The van der Waals surface area contributed by atoms with Crippen molar-refractivity contribution in [1.29, 1.82) is 0 Å². The number of alkyl halides is 3. The third-order valence-electron chi connectivity index (χ3n) is 8.07.